The highest BCUT2D eigenvalue weighted by Crippen LogP contribution is 2.18. The summed E-state index contributed by atoms with van der Waals surface area (Å²) in [6.45, 7) is 1.41. The molecule has 0 saturated carbocycles. The fourth-order valence-electron chi connectivity index (χ4n) is 1.60. The second-order valence-electron chi connectivity index (χ2n) is 5.36. The summed E-state index contributed by atoms with van der Waals surface area (Å²) in [4.78, 5) is 23.5. The van der Waals surface area contributed by atoms with Gasteiger partial charge in [0.25, 0.3) is 5.91 Å². The van der Waals surface area contributed by atoms with Gasteiger partial charge in [-0.2, -0.15) is 0 Å². The van der Waals surface area contributed by atoms with Crippen molar-refractivity contribution in [2.45, 2.75) is 6.86 Å². The summed E-state index contributed by atoms with van der Waals surface area (Å²) < 4.78 is 28.4. The highest BCUT2D eigenvalue weighted by molar-refractivity contribution is 14.3. The molecule has 31 heavy (non-hydrogen) atoms. The quantitative estimate of drug-likeness (QED) is 0.171. The second kappa shape index (κ2) is 20.3. The van der Waals surface area contributed by atoms with Crippen LogP contribution in [0.4, 0.5) is 8.78 Å². The highest BCUT2D eigenvalue weighted by atomic mass is 127. The molecule has 0 radical (unpaired) electrons. The summed E-state index contributed by atoms with van der Waals surface area (Å²) in [5.41, 5.74) is 0.747. The normalized spacial score (nSPS) is 9.32. The predicted molar refractivity (Wildman–Crippen MR) is 175 cm³/mol. The number of alkyl halides is 5. The van der Waals surface area contributed by atoms with Gasteiger partial charge in [0.1, 0.15) is 11.6 Å². The number of rotatable bonds is 2. The zero-order chi connectivity index (χ0) is 24.7. The summed E-state index contributed by atoms with van der Waals surface area (Å²) >= 11 is 17.5. The lowest BCUT2D eigenvalue weighted by Gasteiger charge is -2.09. The van der Waals surface area contributed by atoms with E-state index in [0.29, 0.717) is 20.1 Å². The first-order valence-corrected chi connectivity index (χ1v) is 16.3. The molecule has 2 rings (SSSR count). The second-order valence-corrected chi connectivity index (χ2v) is 22.4. The van der Waals surface area contributed by atoms with Crippen molar-refractivity contribution in [2.75, 3.05) is 16.5 Å². The largest absolute Gasteiger partial charge is 0.345 e. The molecule has 0 aromatic heterocycles. The predicted octanol–water partition coefficient (Wildman–Crippen LogP) is 9.47. The Hall–Kier alpha value is 2.05. The molecule has 0 spiro atoms. The number of hydrogen-bond acceptors (Lipinski definition) is 2. The van der Waals surface area contributed by atoms with Gasteiger partial charge in [0.2, 0.25) is 0 Å². The molecule has 2 aromatic rings. The van der Waals surface area contributed by atoms with Crippen LogP contribution in [-0.2, 0) is 0 Å². The van der Waals surface area contributed by atoms with Crippen LogP contribution in [-0.4, -0.2) is 33.1 Å². The lowest BCUT2D eigenvalue weighted by Crippen LogP contribution is -2.21. The van der Waals surface area contributed by atoms with Gasteiger partial charge < -0.3 is 4.90 Å². The lowest BCUT2D eigenvalue weighted by atomic mass is 10.1. The van der Waals surface area contributed by atoms with Crippen molar-refractivity contribution in [2.24, 2.45) is 0 Å². The number of amides is 1. The van der Waals surface area contributed by atoms with Gasteiger partial charge in [-0.1, -0.05) is 119 Å². The van der Waals surface area contributed by atoms with Gasteiger partial charge in [-0.15, -0.1) is 0 Å². The molecule has 3 nitrogen and oxygen atoms in total. The van der Waals surface area contributed by atoms with E-state index in [-0.39, 0.29) is 11.7 Å². The third-order valence-electron chi connectivity index (χ3n) is 2.90. The Bertz CT molecular complexity index is 840. The molecule has 0 N–H and O–H groups in total. The van der Waals surface area contributed by atoms with Crippen molar-refractivity contribution >= 4 is 157 Å². The van der Waals surface area contributed by atoms with E-state index in [4.69, 9.17) is 0 Å². The van der Waals surface area contributed by atoms with Crippen molar-refractivity contribution < 1.29 is 18.4 Å². The van der Waals surface area contributed by atoms with Crippen molar-refractivity contribution in [3.05, 3.63) is 68.1 Å². The van der Waals surface area contributed by atoms with Crippen molar-refractivity contribution in [3.8, 4) is 0 Å². The third kappa shape index (κ3) is 18.0. The van der Waals surface area contributed by atoms with Crippen LogP contribution in [0, 0.1) is 11.6 Å². The van der Waals surface area contributed by atoms with Crippen LogP contribution in [0.25, 0.3) is 0 Å². The lowest BCUT2D eigenvalue weighted by molar-refractivity contribution is 0.0827. The molecule has 0 atom stereocenters. The Morgan fingerprint density at radius 2 is 1.23 bits per heavy atom. The first-order chi connectivity index (χ1) is 14.3. The molecule has 0 unspecified atom stereocenters. The van der Waals surface area contributed by atoms with E-state index in [9.17, 15) is 18.4 Å². The topological polar surface area (TPSA) is 37.4 Å². The molecule has 0 aliphatic carbocycles. The number of halogens is 9. The Labute approximate surface area is 267 Å². The van der Waals surface area contributed by atoms with Gasteiger partial charge in [0, 0.05) is 25.2 Å². The molecular weight excluding hydrogens is 1110 g/mol. The summed E-state index contributed by atoms with van der Waals surface area (Å²) in [6, 6.07) is 8.63. The molecule has 0 aliphatic rings. The van der Waals surface area contributed by atoms with Gasteiger partial charge in [-0.25, -0.2) is 8.78 Å². The minimum atomic E-state index is -0.423. The van der Waals surface area contributed by atoms with E-state index in [0.717, 1.165) is -0.0619 Å². The summed E-state index contributed by atoms with van der Waals surface area (Å²) in [6.07, 6.45) is 0. The van der Waals surface area contributed by atoms with Crippen LogP contribution in [0.5, 0.6) is 0 Å². The van der Waals surface area contributed by atoms with E-state index in [1.54, 1.807) is 26.2 Å². The van der Waals surface area contributed by atoms with Gasteiger partial charge >= 0.3 is 0 Å². The number of carbonyl (C=O) groups is 2. The maximum Gasteiger partial charge on any atom is 0.253 e. The Morgan fingerprint density at radius 3 is 1.52 bits per heavy atom. The molecule has 0 fully saturated rings. The molecular formula is C19H18Br2F2I5NO2. The van der Waals surface area contributed by atoms with Crippen LogP contribution in [0.15, 0.2) is 45.3 Å². The standard InChI is InChI=1S/C9H9BrFNO.C8H6BrFO.CHI3.CH2I2/c1-12(2)9(13)6-3-4-7(10)8(11)5-6;1-5(11)6-2-3-7(9)8(10)4-6;2-1(3)4;2-1-3/h3-5H,1-2H3;2-4H,1H3;1H;1H2. The van der Waals surface area contributed by atoms with Crippen molar-refractivity contribution in [3.63, 3.8) is 0 Å². The zero-order valence-corrected chi connectivity index (χ0v) is 30.4. The average Bonchev–Trinajstić information content (AvgIpc) is 2.66. The molecule has 0 bridgehead atoms. The van der Waals surface area contributed by atoms with Crippen molar-refractivity contribution in [1.29, 1.82) is 0 Å². The van der Waals surface area contributed by atoms with Gasteiger partial charge in [0.15, 0.2) is 5.78 Å². The van der Waals surface area contributed by atoms with Crippen LogP contribution in [0.2, 0.25) is 0 Å². The number of nitrogens with zero attached hydrogens (tertiary/aromatic N) is 1. The fraction of sp³-hybridized carbons (Fsp3) is 0.263. The molecule has 2 aromatic carbocycles. The van der Waals surface area contributed by atoms with E-state index in [1.165, 1.54) is 38.5 Å². The first-order valence-electron chi connectivity index (χ1n) is 7.95. The van der Waals surface area contributed by atoms with E-state index >= 15 is 0 Å². The van der Waals surface area contributed by atoms with Crippen molar-refractivity contribution in [1.82, 2.24) is 4.90 Å². The van der Waals surface area contributed by atoms with Crippen LogP contribution in [0.3, 0.4) is 0 Å². The van der Waals surface area contributed by atoms with Crippen LogP contribution in [0.1, 0.15) is 27.6 Å². The van der Waals surface area contributed by atoms with E-state index < -0.39 is 11.6 Å². The third-order valence-corrected chi connectivity index (χ3v) is 4.19. The van der Waals surface area contributed by atoms with E-state index in [1.807, 2.05) is 0 Å². The highest BCUT2D eigenvalue weighted by Gasteiger charge is 2.09. The Morgan fingerprint density at radius 1 is 0.903 bits per heavy atom. The van der Waals surface area contributed by atoms with Crippen LogP contribution < -0.4 is 0 Å². The summed E-state index contributed by atoms with van der Waals surface area (Å²) in [5, 5.41) is 0. The average molecular weight is 1120 g/mol. The minimum Gasteiger partial charge on any atom is -0.345 e. The van der Waals surface area contributed by atoms with Crippen LogP contribution >= 0.6 is 145 Å². The summed E-state index contributed by atoms with van der Waals surface area (Å²) in [7, 11) is 3.25. The fourth-order valence-corrected chi connectivity index (χ4v) is 2.10. The smallest absolute Gasteiger partial charge is 0.253 e. The molecule has 1 amide bonds. The molecule has 174 valence electrons. The van der Waals surface area contributed by atoms with Gasteiger partial charge in [-0.3, -0.25) is 9.59 Å². The molecule has 0 heterocycles. The monoisotopic (exact) mass is 1120 g/mol. The Kier molecular flexibility index (Phi) is 23.0. The molecule has 0 saturated heterocycles. The number of benzene rings is 2. The maximum absolute atomic E-state index is 13.0. The van der Waals surface area contributed by atoms with E-state index in [2.05, 4.69) is 145 Å². The first kappa shape index (κ1) is 35.2. The maximum atomic E-state index is 13.0. The Balaban J connectivity index is 0. The number of hydrogen-bond donors (Lipinski definition) is 0. The molecule has 12 heteroatoms. The number of Topliss-reactive ketones (excluding diaryl/α,β-unsaturated/α-hetero) is 1. The number of ketones is 1. The minimum absolute atomic E-state index is 0.128. The number of carbonyl (C=O) groups excluding carboxylic acids is 2. The van der Waals surface area contributed by atoms with Gasteiger partial charge in [0.05, 0.1) is 11.4 Å². The zero-order valence-electron chi connectivity index (χ0n) is 16.4. The SMILES string of the molecule is CC(=O)c1ccc(Br)c(F)c1.CN(C)C(=O)c1ccc(Br)c(F)c1.IC(I)I.ICI. The summed E-state index contributed by atoms with van der Waals surface area (Å²) in [5.74, 6) is -1.16. The molecule has 0 aliphatic heterocycles. The van der Waals surface area contributed by atoms with Gasteiger partial charge in [-0.05, 0) is 69.1 Å².